The van der Waals surface area contributed by atoms with Gasteiger partial charge in [0.1, 0.15) is 5.75 Å². The van der Waals surface area contributed by atoms with Crippen molar-refractivity contribution in [1.29, 1.82) is 0 Å². The Morgan fingerprint density at radius 3 is 2.55 bits per heavy atom. The van der Waals surface area contributed by atoms with E-state index in [9.17, 15) is 8.42 Å². The quantitative estimate of drug-likeness (QED) is 0.872. The highest BCUT2D eigenvalue weighted by atomic mass is 32.2. The lowest BCUT2D eigenvalue weighted by molar-refractivity contribution is 0.281. The van der Waals surface area contributed by atoms with Crippen molar-refractivity contribution in [2.75, 3.05) is 20.2 Å². The van der Waals surface area contributed by atoms with Gasteiger partial charge in [0.15, 0.2) is 0 Å². The predicted octanol–water partition coefficient (Wildman–Crippen LogP) is 3.27. The maximum absolute atomic E-state index is 13.0. The number of sulfonamides is 1. The first kappa shape index (κ1) is 15.3. The average molecular weight is 319 g/mol. The van der Waals surface area contributed by atoms with Crippen LogP contribution < -0.4 is 4.74 Å². The first-order chi connectivity index (χ1) is 10.5. The molecule has 0 bridgehead atoms. The molecule has 1 aliphatic rings. The zero-order chi connectivity index (χ0) is 15.7. The highest BCUT2D eigenvalue weighted by Gasteiger charge is 2.30. The van der Waals surface area contributed by atoms with Crippen molar-refractivity contribution >= 4 is 20.8 Å². The highest BCUT2D eigenvalue weighted by molar-refractivity contribution is 7.89. The molecule has 1 saturated heterocycles. The number of rotatable bonds is 3. The molecule has 0 radical (unpaired) electrons. The van der Waals surface area contributed by atoms with Gasteiger partial charge in [-0.05, 0) is 30.9 Å². The molecule has 0 spiro atoms. The molecule has 4 nitrogen and oxygen atoms in total. The summed E-state index contributed by atoms with van der Waals surface area (Å²) < 4.78 is 33.0. The summed E-state index contributed by atoms with van der Waals surface area (Å²) in [7, 11) is -1.87. The minimum atomic E-state index is -3.47. The number of methoxy groups -OCH3 is 1. The largest absolute Gasteiger partial charge is 0.496 e. The first-order valence-corrected chi connectivity index (χ1v) is 9.04. The number of benzene rings is 2. The second-order valence-electron chi connectivity index (χ2n) is 5.92. The minimum Gasteiger partial charge on any atom is -0.496 e. The summed E-state index contributed by atoms with van der Waals surface area (Å²) >= 11 is 0. The van der Waals surface area contributed by atoms with Crippen LogP contribution in [0, 0.1) is 5.92 Å². The SMILES string of the molecule is COc1ccc(S(=O)(=O)N2CCCC(C)C2)c2ccccc12. The fourth-order valence-electron chi connectivity index (χ4n) is 3.15. The zero-order valence-corrected chi connectivity index (χ0v) is 13.8. The number of nitrogens with zero attached hydrogens (tertiary/aromatic N) is 1. The Morgan fingerprint density at radius 1 is 1.14 bits per heavy atom. The number of piperidine rings is 1. The fourth-order valence-corrected chi connectivity index (χ4v) is 4.94. The van der Waals surface area contributed by atoms with Crippen LogP contribution in [0.15, 0.2) is 41.3 Å². The fraction of sp³-hybridized carbons (Fsp3) is 0.412. The molecule has 0 amide bonds. The maximum atomic E-state index is 13.0. The van der Waals surface area contributed by atoms with Gasteiger partial charge in [0.05, 0.1) is 12.0 Å². The second kappa shape index (κ2) is 5.89. The van der Waals surface area contributed by atoms with Gasteiger partial charge >= 0.3 is 0 Å². The van der Waals surface area contributed by atoms with E-state index in [1.807, 2.05) is 24.3 Å². The Bertz CT molecular complexity index is 786. The van der Waals surface area contributed by atoms with Gasteiger partial charge in [0.25, 0.3) is 0 Å². The van der Waals surface area contributed by atoms with Gasteiger partial charge < -0.3 is 4.74 Å². The maximum Gasteiger partial charge on any atom is 0.243 e. The van der Waals surface area contributed by atoms with E-state index in [1.54, 1.807) is 23.5 Å². The van der Waals surface area contributed by atoms with E-state index < -0.39 is 10.0 Å². The predicted molar refractivity (Wildman–Crippen MR) is 87.7 cm³/mol. The molecule has 1 heterocycles. The molecule has 2 aromatic carbocycles. The Balaban J connectivity index is 2.13. The molecule has 118 valence electrons. The molecule has 2 aromatic rings. The lowest BCUT2D eigenvalue weighted by Crippen LogP contribution is -2.39. The molecular weight excluding hydrogens is 298 g/mol. The second-order valence-corrected chi connectivity index (χ2v) is 7.83. The summed E-state index contributed by atoms with van der Waals surface area (Å²) in [5.74, 6) is 1.11. The van der Waals surface area contributed by atoms with E-state index >= 15 is 0 Å². The van der Waals surface area contributed by atoms with E-state index in [-0.39, 0.29) is 0 Å². The van der Waals surface area contributed by atoms with Crippen molar-refractivity contribution < 1.29 is 13.2 Å². The summed E-state index contributed by atoms with van der Waals surface area (Å²) in [6.45, 7) is 3.31. The summed E-state index contributed by atoms with van der Waals surface area (Å²) in [4.78, 5) is 0.373. The van der Waals surface area contributed by atoms with Crippen LogP contribution in [0.5, 0.6) is 5.75 Å². The Kier molecular flexibility index (Phi) is 4.10. The molecular formula is C17H21NO3S. The lowest BCUT2D eigenvalue weighted by Gasteiger charge is -2.30. The van der Waals surface area contributed by atoms with Gasteiger partial charge in [0, 0.05) is 23.9 Å². The average Bonchev–Trinajstić information content (AvgIpc) is 2.53. The van der Waals surface area contributed by atoms with E-state index in [2.05, 4.69) is 6.92 Å². The van der Waals surface area contributed by atoms with Crippen molar-refractivity contribution in [2.45, 2.75) is 24.7 Å². The van der Waals surface area contributed by atoms with Crippen LogP contribution in [0.4, 0.5) is 0 Å². The van der Waals surface area contributed by atoms with Crippen LogP contribution in [0.1, 0.15) is 19.8 Å². The van der Waals surface area contributed by atoms with Gasteiger partial charge in [-0.15, -0.1) is 0 Å². The van der Waals surface area contributed by atoms with Gasteiger partial charge in [0.2, 0.25) is 10.0 Å². The van der Waals surface area contributed by atoms with E-state index in [0.717, 1.165) is 23.6 Å². The van der Waals surface area contributed by atoms with Crippen LogP contribution in [-0.4, -0.2) is 32.9 Å². The van der Waals surface area contributed by atoms with Gasteiger partial charge in [-0.1, -0.05) is 31.2 Å². The third-order valence-electron chi connectivity index (χ3n) is 4.30. The normalized spacial score (nSPS) is 20.2. The Hall–Kier alpha value is -1.59. The van der Waals surface area contributed by atoms with Crippen LogP contribution in [0.25, 0.3) is 10.8 Å². The molecule has 0 saturated carbocycles. The monoisotopic (exact) mass is 319 g/mol. The molecule has 5 heteroatoms. The van der Waals surface area contributed by atoms with Crippen molar-refractivity contribution in [1.82, 2.24) is 4.31 Å². The third-order valence-corrected chi connectivity index (χ3v) is 6.22. The van der Waals surface area contributed by atoms with Crippen molar-refractivity contribution in [3.63, 3.8) is 0 Å². The molecule has 1 aliphatic heterocycles. The highest BCUT2D eigenvalue weighted by Crippen LogP contribution is 2.33. The molecule has 0 N–H and O–H groups in total. The molecule has 1 atom stereocenters. The first-order valence-electron chi connectivity index (χ1n) is 7.60. The minimum absolute atomic E-state index is 0.373. The smallest absolute Gasteiger partial charge is 0.243 e. The summed E-state index contributed by atoms with van der Waals surface area (Å²) in [6, 6.07) is 10.9. The summed E-state index contributed by atoms with van der Waals surface area (Å²) in [5.41, 5.74) is 0. The topological polar surface area (TPSA) is 46.6 Å². The molecule has 3 rings (SSSR count). The van der Waals surface area contributed by atoms with Crippen molar-refractivity contribution in [2.24, 2.45) is 5.92 Å². The third kappa shape index (κ3) is 2.59. The number of ether oxygens (including phenoxy) is 1. The molecule has 22 heavy (non-hydrogen) atoms. The summed E-state index contributed by atoms with van der Waals surface area (Å²) in [6.07, 6.45) is 2.02. The molecule has 1 fully saturated rings. The Morgan fingerprint density at radius 2 is 1.86 bits per heavy atom. The molecule has 0 aliphatic carbocycles. The molecule has 1 unspecified atom stereocenters. The van der Waals surface area contributed by atoms with E-state index in [0.29, 0.717) is 29.7 Å². The van der Waals surface area contributed by atoms with Crippen molar-refractivity contribution in [3.05, 3.63) is 36.4 Å². The van der Waals surface area contributed by atoms with Gasteiger partial charge in [-0.3, -0.25) is 0 Å². The molecule has 0 aromatic heterocycles. The van der Waals surface area contributed by atoms with Crippen LogP contribution in [0.3, 0.4) is 0 Å². The Labute approximate surface area is 131 Å². The van der Waals surface area contributed by atoms with E-state index in [1.165, 1.54) is 0 Å². The van der Waals surface area contributed by atoms with Crippen LogP contribution >= 0.6 is 0 Å². The van der Waals surface area contributed by atoms with Crippen LogP contribution in [-0.2, 0) is 10.0 Å². The van der Waals surface area contributed by atoms with Gasteiger partial charge in [-0.25, -0.2) is 8.42 Å². The number of fused-ring (bicyclic) bond motifs is 1. The summed E-state index contributed by atoms with van der Waals surface area (Å²) in [5, 5.41) is 1.55. The number of hydrogen-bond donors (Lipinski definition) is 0. The van der Waals surface area contributed by atoms with Gasteiger partial charge in [-0.2, -0.15) is 4.31 Å². The lowest BCUT2D eigenvalue weighted by atomic mass is 10.0. The standard InChI is InChI=1S/C17H21NO3S/c1-13-6-5-11-18(12-13)22(19,20)17-10-9-16(21-2)14-7-3-4-8-15(14)17/h3-4,7-10,13H,5-6,11-12H2,1-2H3. The van der Waals surface area contributed by atoms with Crippen molar-refractivity contribution in [3.8, 4) is 5.75 Å². The van der Waals surface area contributed by atoms with E-state index in [4.69, 9.17) is 4.74 Å². The number of hydrogen-bond acceptors (Lipinski definition) is 3. The van der Waals surface area contributed by atoms with Crippen LogP contribution in [0.2, 0.25) is 0 Å². The zero-order valence-electron chi connectivity index (χ0n) is 13.0.